The van der Waals surface area contributed by atoms with E-state index in [4.69, 9.17) is 16.3 Å². The smallest absolute Gasteiger partial charge is 0.255 e. The number of methoxy groups -OCH3 is 1. The molecule has 7 heteroatoms. The highest BCUT2D eigenvalue weighted by Crippen LogP contribution is 2.36. The third kappa shape index (κ3) is 4.22. The van der Waals surface area contributed by atoms with Crippen molar-refractivity contribution in [2.45, 2.75) is 0 Å². The zero-order valence-corrected chi connectivity index (χ0v) is 16.2. The molecule has 0 unspecified atom stereocenters. The summed E-state index contributed by atoms with van der Waals surface area (Å²) in [6.07, 6.45) is 0. The lowest BCUT2D eigenvalue weighted by Gasteiger charge is -2.12. The lowest BCUT2D eigenvalue weighted by molar-refractivity contribution is 0.102. The number of hydrogen-bond donors (Lipinski definition) is 1. The molecular formula is C14H9Br3ClNO2. The van der Waals surface area contributed by atoms with E-state index in [0.717, 1.165) is 8.95 Å². The average Bonchev–Trinajstić information content (AvgIpc) is 2.37. The summed E-state index contributed by atoms with van der Waals surface area (Å²) in [5.74, 6) is 0.256. The number of hydrogen-bond acceptors (Lipinski definition) is 2. The largest absolute Gasteiger partial charge is 0.493 e. The van der Waals surface area contributed by atoms with E-state index in [1.165, 1.54) is 7.11 Å². The first-order valence-electron chi connectivity index (χ1n) is 5.71. The van der Waals surface area contributed by atoms with Gasteiger partial charge in [0.25, 0.3) is 5.91 Å². The fourth-order valence-corrected chi connectivity index (χ4v) is 4.01. The van der Waals surface area contributed by atoms with E-state index in [1.807, 2.05) is 6.07 Å². The Hall–Kier alpha value is -0.560. The molecule has 0 aliphatic rings. The third-order valence-electron chi connectivity index (χ3n) is 2.59. The van der Waals surface area contributed by atoms with Crippen LogP contribution in [0.4, 0.5) is 5.69 Å². The third-order valence-corrected chi connectivity index (χ3v) is 4.31. The molecule has 1 amide bonds. The summed E-state index contributed by atoms with van der Waals surface area (Å²) in [4.78, 5) is 12.3. The predicted octanol–water partition coefficient (Wildman–Crippen LogP) is 5.89. The predicted molar refractivity (Wildman–Crippen MR) is 95.5 cm³/mol. The average molecular weight is 498 g/mol. The Kier molecular flexibility index (Phi) is 5.71. The van der Waals surface area contributed by atoms with E-state index in [9.17, 15) is 4.79 Å². The first kappa shape index (κ1) is 16.8. The Morgan fingerprint density at radius 1 is 1.10 bits per heavy atom. The van der Waals surface area contributed by atoms with Crippen LogP contribution in [0.1, 0.15) is 10.4 Å². The minimum absolute atomic E-state index is 0.260. The molecule has 2 rings (SSSR count). The van der Waals surface area contributed by atoms with Crippen molar-refractivity contribution in [3.8, 4) is 5.75 Å². The van der Waals surface area contributed by atoms with Gasteiger partial charge < -0.3 is 10.1 Å². The molecular weight excluding hydrogens is 489 g/mol. The monoisotopic (exact) mass is 495 g/mol. The molecule has 21 heavy (non-hydrogen) atoms. The van der Waals surface area contributed by atoms with Gasteiger partial charge in [0.15, 0.2) is 5.75 Å². The van der Waals surface area contributed by atoms with Gasteiger partial charge in [-0.15, -0.1) is 0 Å². The van der Waals surface area contributed by atoms with Gasteiger partial charge in [-0.25, -0.2) is 0 Å². The summed E-state index contributed by atoms with van der Waals surface area (Å²) in [6, 6.07) is 8.65. The van der Waals surface area contributed by atoms with Gasteiger partial charge in [0.2, 0.25) is 0 Å². The van der Waals surface area contributed by atoms with Crippen LogP contribution in [0.25, 0.3) is 0 Å². The van der Waals surface area contributed by atoms with Crippen molar-refractivity contribution in [2.24, 2.45) is 0 Å². The summed E-state index contributed by atoms with van der Waals surface area (Å²) in [7, 11) is 1.53. The number of amides is 1. The van der Waals surface area contributed by atoms with Crippen molar-refractivity contribution in [3.63, 3.8) is 0 Å². The van der Waals surface area contributed by atoms with Crippen LogP contribution in [0.2, 0.25) is 5.02 Å². The summed E-state index contributed by atoms with van der Waals surface area (Å²) >= 11 is 16.1. The maximum Gasteiger partial charge on any atom is 0.255 e. The zero-order valence-electron chi connectivity index (χ0n) is 10.7. The molecule has 110 valence electrons. The summed E-state index contributed by atoms with van der Waals surface area (Å²) in [5.41, 5.74) is 1.01. The highest BCUT2D eigenvalue weighted by Gasteiger charge is 2.14. The minimum atomic E-state index is -0.260. The first-order valence-corrected chi connectivity index (χ1v) is 8.47. The molecule has 0 fully saturated rings. The number of benzene rings is 2. The Labute approximate surface area is 152 Å². The molecule has 0 radical (unpaired) electrons. The topological polar surface area (TPSA) is 38.3 Å². The maximum atomic E-state index is 12.3. The molecule has 0 aromatic heterocycles. The van der Waals surface area contributed by atoms with Gasteiger partial charge in [-0.05, 0) is 46.3 Å². The molecule has 1 N–H and O–H groups in total. The molecule has 0 atom stereocenters. The van der Waals surface area contributed by atoms with E-state index >= 15 is 0 Å². The number of nitrogens with one attached hydrogen (secondary N) is 1. The molecule has 0 saturated heterocycles. The maximum absolute atomic E-state index is 12.3. The van der Waals surface area contributed by atoms with Crippen LogP contribution in [0.15, 0.2) is 43.7 Å². The molecule has 0 aliphatic carbocycles. The Morgan fingerprint density at radius 2 is 1.71 bits per heavy atom. The second kappa shape index (κ2) is 7.13. The van der Waals surface area contributed by atoms with E-state index in [0.29, 0.717) is 26.5 Å². The van der Waals surface area contributed by atoms with Gasteiger partial charge in [0, 0.05) is 19.5 Å². The van der Waals surface area contributed by atoms with Gasteiger partial charge in [0.05, 0.1) is 17.3 Å². The molecule has 2 aromatic rings. The molecule has 3 nitrogen and oxygen atoms in total. The number of carbonyl (C=O) groups is 1. The van der Waals surface area contributed by atoms with Crippen molar-refractivity contribution < 1.29 is 9.53 Å². The lowest BCUT2D eigenvalue weighted by Crippen LogP contribution is -2.13. The van der Waals surface area contributed by atoms with Crippen LogP contribution in [-0.4, -0.2) is 13.0 Å². The number of rotatable bonds is 3. The van der Waals surface area contributed by atoms with Crippen LogP contribution in [0, 0.1) is 0 Å². The van der Waals surface area contributed by atoms with Crippen molar-refractivity contribution >= 4 is 71.0 Å². The van der Waals surface area contributed by atoms with Gasteiger partial charge in [-0.2, -0.15) is 0 Å². The summed E-state index contributed by atoms with van der Waals surface area (Å²) < 4.78 is 7.56. The fraction of sp³-hybridized carbons (Fsp3) is 0.0714. The van der Waals surface area contributed by atoms with Crippen molar-refractivity contribution in [3.05, 3.63) is 54.3 Å². The van der Waals surface area contributed by atoms with E-state index in [1.54, 1.807) is 24.3 Å². The Bertz CT molecular complexity index is 687. The van der Waals surface area contributed by atoms with E-state index in [2.05, 4.69) is 53.1 Å². The summed E-state index contributed by atoms with van der Waals surface area (Å²) in [6.45, 7) is 0. The van der Waals surface area contributed by atoms with Gasteiger partial charge in [-0.1, -0.05) is 43.5 Å². The van der Waals surface area contributed by atoms with Crippen molar-refractivity contribution in [1.29, 1.82) is 0 Å². The standard InChI is InChI=1S/C14H9Br3ClNO2/c1-21-13-11(17)5-10(18)6-12(13)19-14(20)7-2-8(15)4-9(16)3-7/h2-6H,1H3,(H,19,20). The van der Waals surface area contributed by atoms with E-state index in [-0.39, 0.29) is 5.91 Å². The molecule has 0 saturated carbocycles. The second-order valence-electron chi connectivity index (χ2n) is 4.08. The van der Waals surface area contributed by atoms with Crippen LogP contribution in [0.3, 0.4) is 0 Å². The number of carbonyl (C=O) groups excluding carboxylic acids is 1. The number of halogens is 4. The highest BCUT2D eigenvalue weighted by molar-refractivity contribution is 9.11. The highest BCUT2D eigenvalue weighted by atomic mass is 79.9. The van der Waals surface area contributed by atoms with Gasteiger partial charge in [0.1, 0.15) is 0 Å². The zero-order chi connectivity index (χ0) is 15.6. The number of anilines is 1. The normalized spacial score (nSPS) is 10.3. The van der Waals surface area contributed by atoms with Crippen LogP contribution < -0.4 is 10.1 Å². The summed E-state index contributed by atoms with van der Waals surface area (Å²) in [5, 5.41) is 3.29. The van der Waals surface area contributed by atoms with Crippen LogP contribution >= 0.6 is 59.4 Å². The molecule has 0 heterocycles. The van der Waals surface area contributed by atoms with Crippen molar-refractivity contribution in [2.75, 3.05) is 12.4 Å². The quantitative estimate of drug-likeness (QED) is 0.574. The SMILES string of the molecule is COc1c(Br)cc(Cl)cc1NC(=O)c1cc(Br)cc(Br)c1. The van der Waals surface area contributed by atoms with Crippen LogP contribution in [-0.2, 0) is 0 Å². The molecule has 0 aliphatic heterocycles. The first-order chi connectivity index (χ1) is 9.90. The van der Waals surface area contributed by atoms with Gasteiger partial charge in [-0.3, -0.25) is 4.79 Å². The van der Waals surface area contributed by atoms with Gasteiger partial charge >= 0.3 is 0 Å². The fourth-order valence-electron chi connectivity index (χ4n) is 1.74. The van der Waals surface area contributed by atoms with E-state index < -0.39 is 0 Å². The molecule has 0 bridgehead atoms. The molecule has 0 spiro atoms. The van der Waals surface area contributed by atoms with Crippen molar-refractivity contribution in [1.82, 2.24) is 0 Å². The second-order valence-corrected chi connectivity index (χ2v) is 7.20. The lowest BCUT2D eigenvalue weighted by atomic mass is 10.2. The van der Waals surface area contributed by atoms with Crippen LogP contribution in [0.5, 0.6) is 5.75 Å². The Balaban J connectivity index is 2.35. The molecule has 2 aromatic carbocycles. The minimum Gasteiger partial charge on any atom is -0.493 e. The number of ether oxygens (including phenoxy) is 1. The Morgan fingerprint density at radius 3 is 2.29 bits per heavy atom.